The molecule has 0 radical (unpaired) electrons. The lowest BCUT2D eigenvalue weighted by atomic mass is 9.84. The molecule has 5 rings (SSSR count). The number of aromatic amines is 1. The predicted molar refractivity (Wildman–Crippen MR) is 136 cm³/mol. The Bertz CT molecular complexity index is 1300. The lowest BCUT2D eigenvalue weighted by molar-refractivity contribution is -0.0116. The minimum absolute atomic E-state index is 0.154. The van der Waals surface area contributed by atoms with E-state index in [1.165, 1.54) is 5.06 Å². The lowest BCUT2D eigenvalue weighted by Gasteiger charge is -2.29. The fraction of sp³-hybridized carbons (Fsp3) is 0.462. The number of hydrogen-bond donors (Lipinski definition) is 1. The molecule has 10 heteroatoms. The summed E-state index contributed by atoms with van der Waals surface area (Å²) in [7, 11) is 0. The molecule has 2 aromatic rings. The third-order valence-electron chi connectivity index (χ3n) is 6.32. The van der Waals surface area contributed by atoms with E-state index in [1.54, 1.807) is 39.2 Å². The molecule has 4 heterocycles. The monoisotopic (exact) mass is 511 g/mol. The van der Waals surface area contributed by atoms with Crippen LogP contribution >= 0.6 is 11.6 Å². The van der Waals surface area contributed by atoms with Crippen molar-refractivity contribution in [2.75, 3.05) is 11.6 Å². The summed E-state index contributed by atoms with van der Waals surface area (Å²) in [6.45, 7) is 6.05. The maximum atomic E-state index is 12.5. The molecule has 36 heavy (non-hydrogen) atoms. The first kappa shape index (κ1) is 24.4. The van der Waals surface area contributed by atoms with Crippen LogP contribution < -0.4 is 20.5 Å². The smallest absolute Gasteiger partial charge is 0.489 e. The minimum atomic E-state index is -0.775. The Morgan fingerprint density at radius 2 is 2.03 bits per heavy atom. The maximum Gasteiger partial charge on any atom is 0.533 e. The average Bonchev–Trinajstić information content (AvgIpc) is 3.12. The van der Waals surface area contributed by atoms with Crippen molar-refractivity contribution in [1.82, 2.24) is 9.97 Å². The summed E-state index contributed by atoms with van der Waals surface area (Å²) < 4.78 is 11.5. The SMILES string of the molecule is CC(C)(C)OC(=O)ON1CC=C(Cl)C=c2[nH]c3c(c21)CN=NC=3C1CCC(Oc2cccnc2)CC1. The molecule has 0 saturated heterocycles. The van der Waals surface area contributed by atoms with Crippen molar-refractivity contribution in [3.8, 4) is 5.75 Å². The van der Waals surface area contributed by atoms with E-state index in [9.17, 15) is 4.79 Å². The molecule has 1 aliphatic carbocycles. The fourth-order valence-electron chi connectivity index (χ4n) is 4.79. The lowest BCUT2D eigenvalue weighted by Crippen LogP contribution is -2.34. The van der Waals surface area contributed by atoms with Crippen molar-refractivity contribution >= 4 is 35.2 Å². The van der Waals surface area contributed by atoms with Crippen molar-refractivity contribution < 1.29 is 19.1 Å². The molecule has 2 aromatic heterocycles. The van der Waals surface area contributed by atoms with Gasteiger partial charge >= 0.3 is 6.16 Å². The zero-order valence-electron chi connectivity index (χ0n) is 20.7. The van der Waals surface area contributed by atoms with Crippen LogP contribution in [0.15, 0.2) is 45.9 Å². The molecule has 3 aliphatic rings. The molecule has 0 amide bonds. The Morgan fingerprint density at radius 3 is 2.75 bits per heavy atom. The Balaban J connectivity index is 1.41. The summed E-state index contributed by atoms with van der Waals surface area (Å²) in [5.41, 5.74) is 1.92. The van der Waals surface area contributed by atoms with Crippen LogP contribution in [0.5, 0.6) is 5.75 Å². The van der Waals surface area contributed by atoms with Crippen LogP contribution in [0.2, 0.25) is 0 Å². The zero-order valence-corrected chi connectivity index (χ0v) is 21.4. The molecule has 2 aliphatic heterocycles. The zero-order chi connectivity index (χ0) is 25.3. The molecule has 1 saturated carbocycles. The number of carbonyl (C=O) groups excluding carboxylic acids is 1. The molecule has 0 aromatic carbocycles. The van der Waals surface area contributed by atoms with Crippen LogP contribution in [0.1, 0.15) is 52.0 Å². The predicted octanol–water partition coefficient (Wildman–Crippen LogP) is 4.71. The maximum absolute atomic E-state index is 12.5. The van der Waals surface area contributed by atoms with Crippen molar-refractivity contribution in [2.45, 2.75) is 64.7 Å². The van der Waals surface area contributed by atoms with Crippen LogP contribution in [0, 0.1) is 5.92 Å². The van der Waals surface area contributed by atoms with E-state index in [-0.39, 0.29) is 18.6 Å². The first-order chi connectivity index (χ1) is 17.3. The van der Waals surface area contributed by atoms with Gasteiger partial charge in [-0.15, -0.1) is 0 Å². The van der Waals surface area contributed by atoms with E-state index in [4.69, 9.17) is 25.9 Å². The summed E-state index contributed by atoms with van der Waals surface area (Å²) in [5.74, 6) is 1.04. The Kier molecular flexibility index (Phi) is 6.75. The number of H-pyrrole nitrogens is 1. The number of rotatable bonds is 4. The van der Waals surface area contributed by atoms with Gasteiger partial charge in [0.05, 0.1) is 41.8 Å². The highest BCUT2D eigenvalue weighted by atomic mass is 35.5. The molecule has 190 valence electrons. The number of nitrogens with one attached hydrogen (secondary N) is 1. The number of pyridine rings is 1. The fourth-order valence-corrected chi connectivity index (χ4v) is 4.97. The first-order valence-corrected chi connectivity index (χ1v) is 12.6. The molecule has 1 fully saturated rings. The number of aromatic nitrogens is 2. The van der Waals surface area contributed by atoms with E-state index < -0.39 is 11.8 Å². The van der Waals surface area contributed by atoms with Gasteiger partial charge in [-0.3, -0.25) is 4.98 Å². The van der Waals surface area contributed by atoms with E-state index in [1.807, 2.05) is 18.2 Å². The Hall–Kier alpha value is -3.33. The minimum Gasteiger partial charge on any atom is -0.489 e. The Labute approximate surface area is 214 Å². The number of ether oxygens (including phenoxy) is 2. The van der Waals surface area contributed by atoms with Gasteiger partial charge in [-0.2, -0.15) is 15.3 Å². The number of fused-ring (bicyclic) bond motifs is 3. The topological polar surface area (TPSA) is 101 Å². The van der Waals surface area contributed by atoms with Gasteiger partial charge in [0.15, 0.2) is 0 Å². The second-order valence-corrected chi connectivity index (χ2v) is 10.6. The number of azo groups is 1. The number of hydrogen-bond acceptors (Lipinski definition) is 8. The van der Waals surface area contributed by atoms with Crippen LogP contribution in [0.4, 0.5) is 10.5 Å². The highest BCUT2D eigenvalue weighted by molar-refractivity contribution is 6.34. The molecule has 0 bridgehead atoms. The van der Waals surface area contributed by atoms with E-state index >= 15 is 0 Å². The number of allylic oxidation sites excluding steroid dienone is 1. The number of halogens is 1. The summed E-state index contributed by atoms with van der Waals surface area (Å²) in [4.78, 5) is 25.7. The highest BCUT2D eigenvalue weighted by Gasteiger charge is 2.31. The van der Waals surface area contributed by atoms with Gasteiger partial charge in [-0.05, 0) is 70.7 Å². The van der Waals surface area contributed by atoms with Crippen LogP contribution in [-0.2, 0) is 16.1 Å². The third kappa shape index (κ3) is 5.41. The molecule has 1 N–H and O–H groups in total. The number of carbonyl (C=O) groups is 1. The number of hydroxylamine groups is 1. The van der Waals surface area contributed by atoms with Gasteiger partial charge in [0.2, 0.25) is 0 Å². The summed E-state index contributed by atoms with van der Waals surface area (Å²) >= 11 is 6.40. The number of anilines is 1. The molecular formula is C26H30ClN5O4. The second-order valence-electron chi connectivity index (χ2n) is 10.2. The standard InChI is InChI=1S/C26H30ClN5O4/c1-26(2,3)35-25(33)36-32-12-10-17(27)13-21-24(32)20-15-29-31-22(23(20)30-21)16-6-8-18(9-7-16)34-19-5-4-11-28-14-19/h4-5,10-11,13-14,16,18,30H,6-9,12,15H2,1-3H3. The van der Waals surface area contributed by atoms with Gasteiger partial charge < -0.3 is 19.3 Å². The van der Waals surface area contributed by atoms with Gasteiger partial charge in [0.1, 0.15) is 17.0 Å². The molecule has 0 atom stereocenters. The van der Waals surface area contributed by atoms with E-state index in [0.29, 0.717) is 11.6 Å². The summed E-state index contributed by atoms with van der Waals surface area (Å²) in [6, 6.07) is 3.81. The molecule has 9 nitrogen and oxygen atoms in total. The third-order valence-corrected chi connectivity index (χ3v) is 6.59. The van der Waals surface area contributed by atoms with Crippen LogP contribution in [-0.4, -0.2) is 34.4 Å². The van der Waals surface area contributed by atoms with Gasteiger partial charge in [-0.1, -0.05) is 11.6 Å². The first-order valence-electron chi connectivity index (χ1n) is 12.2. The summed E-state index contributed by atoms with van der Waals surface area (Å²) in [6.07, 6.45) is 10.2. The van der Waals surface area contributed by atoms with Gasteiger partial charge in [0.25, 0.3) is 0 Å². The van der Waals surface area contributed by atoms with Crippen LogP contribution in [0.25, 0.3) is 11.8 Å². The van der Waals surface area contributed by atoms with E-state index in [0.717, 1.165) is 59.1 Å². The highest BCUT2D eigenvalue weighted by Crippen LogP contribution is 2.34. The van der Waals surface area contributed by atoms with Crippen molar-refractivity contribution in [2.24, 2.45) is 16.1 Å². The van der Waals surface area contributed by atoms with Crippen LogP contribution in [0.3, 0.4) is 0 Å². The average molecular weight is 512 g/mol. The van der Waals surface area contributed by atoms with Crippen molar-refractivity contribution in [3.63, 3.8) is 0 Å². The van der Waals surface area contributed by atoms with E-state index in [2.05, 4.69) is 20.2 Å². The largest absolute Gasteiger partial charge is 0.533 e. The van der Waals surface area contributed by atoms with Crippen molar-refractivity contribution in [1.29, 1.82) is 0 Å². The molecule has 0 unspecified atom stereocenters. The summed E-state index contributed by atoms with van der Waals surface area (Å²) in [5, 5.41) is 12.7. The van der Waals surface area contributed by atoms with Crippen molar-refractivity contribution in [3.05, 3.63) is 51.9 Å². The molecular weight excluding hydrogens is 482 g/mol. The number of nitrogens with zero attached hydrogens (tertiary/aromatic N) is 4. The van der Waals surface area contributed by atoms with Gasteiger partial charge in [-0.25, -0.2) is 4.79 Å². The molecule has 0 spiro atoms. The normalized spacial score (nSPS) is 21.5. The Morgan fingerprint density at radius 1 is 1.22 bits per heavy atom. The van der Waals surface area contributed by atoms with Gasteiger partial charge in [0, 0.05) is 22.7 Å². The second kappa shape index (κ2) is 9.97. The quantitative estimate of drug-likeness (QED) is 0.596.